The van der Waals surface area contributed by atoms with Crippen molar-refractivity contribution in [2.24, 2.45) is 0 Å². The predicted molar refractivity (Wildman–Crippen MR) is 80.0 cm³/mol. The molecule has 0 fully saturated rings. The number of anilines is 1. The average Bonchev–Trinajstić information content (AvgIpc) is 2.88. The van der Waals surface area contributed by atoms with Crippen molar-refractivity contribution in [1.29, 1.82) is 0 Å². The van der Waals surface area contributed by atoms with Gasteiger partial charge >= 0.3 is 0 Å². The molecular formula is C14H13N3OS. The molecule has 0 aliphatic carbocycles. The van der Waals surface area contributed by atoms with Gasteiger partial charge in [0, 0.05) is 36.4 Å². The fraction of sp³-hybridized carbons (Fsp3) is 0.143. The van der Waals surface area contributed by atoms with Gasteiger partial charge < -0.3 is 9.88 Å². The number of hydrogen-bond donors (Lipinski definition) is 1. The van der Waals surface area contributed by atoms with E-state index in [-0.39, 0.29) is 5.43 Å². The van der Waals surface area contributed by atoms with Gasteiger partial charge in [-0.1, -0.05) is 12.1 Å². The van der Waals surface area contributed by atoms with Gasteiger partial charge in [-0.2, -0.15) is 0 Å². The Morgan fingerprint density at radius 3 is 2.79 bits per heavy atom. The lowest BCUT2D eigenvalue weighted by molar-refractivity contribution is 1.10. The van der Waals surface area contributed by atoms with Crippen LogP contribution in [0.1, 0.15) is 0 Å². The predicted octanol–water partition coefficient (Wildman–Crippen LogP) is 2.72. The van der Waals surface area contributed by atoms with Crippen LogP contribution in [0.4, 0.5) is 5.13 Å². The van der Waals surface area contributed by atoms with Crippen molar-refractivity contribution in [3.05, 3.63) is 45.9 Å². The lowest BCUT2D eigenvalue weighted by atomic mass is 10.2. The van der Waals surface area contributed by atoms with Crippen molar-refractivity contribution in [3.63, 3.8) is 0 Å². The molecule has 4 nitrogen and oxygen atoms in total. The summed E-state index contributed by atoms with van der Waals surface area (Å²) in [6.45, 7) is 0. The zero-order valence-electron chi connectivity index (χ0n) is 10.7. The van der Waals surface area contributed by atoms with Crippen molar-refractivity contribution in [1.82, 2.24) is 9.97 Å². The fourth-order valence-electron chi connectivity index (χ4n) is 1.93. The summed E-state index contributed by atoms with van der Waals surface area (Å²) in [6.07, 6.45) is 0. The van der Waals surface area contributed by atoms with Crippen LogP contribution in [0, 0.1) is 0 Å². The van der Waals surface area contributed by atoms with E-state index in [0.717, 1.165) is 22.0 Å². The van der Waals surface area contributed by atoms with Crippen LogP contribution in [0.2, 0.25) is 0 Å². The second kappa shape index (κ2) is 4.51. The molecule has 0 atom stereocenters. The first-order valence-electron chi connectivity index (χ1n) is 5.90. The summed E-state index contributed by atoms with van der Waals surface area (Å²) in [5, 5.41) is 3.58. The van der Waals surface area contributed by atoms with E-state index < -0.39 is 0 Å². The Morgan fingerprint density at radius 2 is 2.05 bits per heavy atom. The highest BCUT2D eigenvalue weighted by atomic mass is 32.1. The summed E-state index contributed by atoms with van der Waals surface area (Å²) in [7, 11) is 3.90. The van der Waals surface area contributed by atoms with E-state index in [1.54, 1.807) is 17.4 Å². The number of benzene rings is 1. The summed E-state index contributed by atoms with van der Waals surface area (Å²) in [6, 6.07) is 9.11. The average molecular weight is 271 g/mol. The summed E-state index contributed by atoms with van der Waals surface area (Å²) in [4.78, 5) is 21.8. The molecule has 0 aliphatic rings. The molecule has 19 heavy (non-hydrogen) atoms. The number of H-pyrrole nitrogens is 1. The van der Waals surface area contributed by atoms with Crippen LogP contribution in [-0.2, 0) is 0 Å². The first kappa shape index (κ1) is 11.9. The molecular weight excluding hydrogens is 258 g/mol. The summed E-state index contributed by atoms with van der Waals surface area (Å²) < 4.78 is 0. The minimum atomic E-state index is 0.0174. The Balaban J connectivity index is 2.17. The molecule has 5 heteroatoms. The lowest BCUT2D eigenvalue weighted by Crippen LogP contribution is -2.08. The van der Waals surface area contributed by atoms with Gasteiger partial charge in [-0.05, 0) is 12.1 Å². The highest BCUT2D eigenvalue weighted by molar-refractivity contribution is 7.14. The number of pyridine rings is 1. The van der Waals surface area contributed by atoms with Gasteiger partial charge in [0.1, 0.15) is 0 Å². The molecule has 2 heterocycles. The van der Waals surface area contributed by atoms with Crippen molar-refractivity contribution < 1.29 is 0 Å². The Bertz CT molecular complexity index is 788. The fourth-order valence-corrected chi connectivity index (χ4v) is 2.69. The number of para-hydroxylation sites is 1. The van der Waals surface area contributed by atoms with E-state index in [0.29, 0.717) is 5.39 Å². The zero-order chi connectivity index (χ0) is 13.4. The maximum Gasteiger partial charge on any atom is 0.190 e. The third-order valence-corrected chi connectivity index (χ3v) is 3.90. The molecule has 0 unspecified atom stereocenters. The topological polar surface area (TPSA) is 49.0 Å². The van der Waals surface area contributed by atoms with E-state index in [1.807, 2.05) is 48.6 Å². The lowest BCUT2D eigenvalue weighted by Gasteiger charge is -2.05. The molecule has 96 valence electrons. The molecule has 0 aliphatic heterocycles. The van der Waals surface area contributed by atoms with Gasteiger partial charge in [-0.15, -0.1) is 11.3 Å². The molecule has 3 rings (SSSR count). The number of nitrogens with zero attached hydrogens (tertiary/aromatic N) is 2. The first-order chi connectivity index (χ1) is 9.15. The highest BCUT2D eigenvalue weighted by Gasteiger charge is 2.08. The molecule has 2 aromatic heterocycles. The van der Waals surface area contributed by atoms with Crippen LogP contribution in [0.3, 0.4) is 0 Å². The van der Waals surface area contributed by atoms with Crippen LogP contribution in [0.15, 0.2) is 40.5 Å². The van der Waals surface area contributed by atoms with Crippen LogP contribution in [-0.4, -0.2) is 24.1 Å². The molecule has 0 radical (unpaired) electrons. The number of thiazole rings is 1. The van der Waals surface area contributed by atoms with Gasteiger partial charge in [0.2, 0.25) is 0 Å². The van der Waals surface area contributed by atoms with Crippen molar-refractivity contribution >= 4 is 27.4 Å². The summed E-state index contributed by atoms with van der Waals surface area (Å²) in [5.41, 5.74) is 2.41. The summed E-state index contributed by atoms with van der Waals surface area (Å²) >= 11 is 1.56. The zero-order valence-corrected chi connectivity index (χ0v) is 11.5. The van der Waals surface area contributed by atoms with E-state index in [9.17, 15) is 4.79 Å². The maximum absolute atomic E-state index is 12.1. The van der Waals surface area contributed by atoms with Gasteiger partial charge in [0.15, 0.2) is 10.6 Å². The van der Waals surface area contributed by atoms with E-state index >= 15 is 0 Å². The van der Waals surface area contributed by atoms with E-state index in [4.69, 9.17) is 0 Å². The Hall–Kier alpha value is -2.14. The second-order valence-corrected chi connectivity index (χ2v) is 5.34. The van der Waals surface area contributed by atoms with Gasteiger partial charge in [-0.3, -0.25) is 4.79 Å². The Kier molecular flexibility index (Phi) is 2.83. The number of hydrogen-bond acceptors (Lipinski definition) is 4. The number of rotatable bonds is 2. The third kappa shape index (κ3) is 2.13. The van der Waals surface area contributed by atoms with Crippen molar-refractivity contribution in [3.8, 4) is 11.4 Å². The van der Waals surface area contributed by atoms with Crippen LogP contribution < -0.4 is 10.3 Å². The summed E-state index contributed by atoms with van der Waals surface area (Å²) in [5.74, 6) is 0. The molecule has 0 saturated carbocycles. The van der Waals surface area contributed by atoms with Gasteiger partial charge in [-0.25, -0.2) is 4.98 Å². The minimum Gasteiger partial charge on any atom is -0.354 e. The van der Waals surface area contributed by atoms with Crippen molar-refractivity contribution in [2.45, 2.75) is 0 Å². The Labute approximate surface area is 114 Å². The van der Waals surface area contributed by atoms with Crippen LogP contribution in [0.25, 0.3) is 22.3 Å². The van der Waals surface area contributed by atoms with Crippen LogP contribution in [0.5, 0.6) is 0 Å². The normalized spacial score (nSPS) is 10.8. The molecule has 0 bridgehead atoms. The molecule has 0 saturated heterocycles. The van der Waals surface area contributed by atoms with E-state index in [1.165, 1.54) is 0 Å². The number of fused-ring (bicyclic) bond motifs is 1. The standard InChI is InChI=1S/C14H13N3OS/c1-17(2)14-16-12(8-19-14)11-7-13(18)9-5-3-4-6-10(9)15-11/h3-8H,1-2H3,(H,15,18). The second-order valence-electron chi connectivity index (χ2n) is 4.50. The van der Waals surface area contributed by atoms with Gasteiger partial charge in [0.25, 0.3) is 0 Å². The molecule has 0 spiro atoms. The molecule has 0 amide bonds. The van der Waals surface area contributed by atoms with Crippen LogP contribution >= 0.6 is 11.3 Å². The Morgan fingerprint density at radius 1 is 1.26 bits per heavy atom. The monoisotopic (exact) mass is 271 g/mol. The smallest absolute Gasteiger partial charge is 0.190 e. The molecule has 3 aromatic rings. The third-order valence-electron chi connectivity index (χ3n) is 2.89. The number of aromatic amines is 1. The SMILES string of the molecule is CN(C)c1nc(-c2cc(=O)c3ccccc3[nH]2)cs1. The quantitative estimate of drug-likeness (QED) is 0.779. The largest absolute Gasteiger partial charge is 0.354 e. The molecule has 1 N–H and O–H groups in total. The maximum atomic E-state index is 12.1. The number of aromatic nitrogens is 2. The molecule has 1 aromatic carbocycles. The first-order valence-corrected chi connectivity index (χ1v) is 6.78. The number of nitrogens with one attached hydrogen (secondary N) is 1. The van der Waals surface area contributed by atoms with Gasteiger partial charge in [0.05, 0.1) is 11.4 Å². The van der Waals surface area contributed by atoms with Crippen molar-refractivity contribution in [2.75, 3.05) is 19.0 Å². The van der Waals surface area contributed by atoms with E-state index in [2.05, 4.69) is 9.97 Å². The minimum absolute atomic E-state index is 0.0174. The highest BCUT2D eigenvalue weighted by Crippen LogP contribution is 2.25.